The van der Waals surface area contributed by atoms with Gasteiger partial charge in [0.05, 0.1) is 17.3 Å². The first kappa shape index (κ1) is 32.0. The van der Waals surface area contributed by atoms with Crippen LogP contribution in [-0.4, -0.2) is 66.4 Å². The zero-order valence-electron chi connectivity index (χ0n) is 21.2. The van der Waals surface area contributed by atoms with Gasteiger partial charge in [0.2, 0.25) is 0 Å². The maximum atomic E-state index is 11.2. The van der Waals surface area contributed by atoms with Crippen molar-refractivity contribution in [1.82, 2.24) is 0 Å². The van der Waals surface area contributed by atoms with Crippen LogP contribution in [0.3, 0.4) is 0 Å². The van der Waals surface area contributed by atoms with Gasteiger partial charge in [-0.15, -0.1) is 0 Å². The Morgan fingerprint density at radius 3 is 1.37 bits per heavy atom. The summed E-state index contributed by atoms with van der Waals surface area (Å²) < 4.78 is 93.8. The second-order valence-corrected chi connectivity index (χ2v) is 14.5. The SMILES string of the molecule is CC(C)(c1ccc(O)c(CCCS(=O)(=O)O)c1)c1cc(CCCS(=O)(=O)O)c(O)c(CCCS(=O)(=O)O)c1. The first-order valence-electron chi connectivity index (χ1n) is 11.8. The van der Waals surface area contributed by atoms with Crippen LogP contribution in [0.2, 0.25) is 0 Å². The number of rotatable bonds is 14. The lowest BCUT2D eigenvalue weighted by Gasteiger charge is -2.29. The lowest BCUT2D eigenvalue weighted by molar-refractivity contribution is 0.455. The molecule has 0 fully saturated rings. The minimum Gasteiger partial charge on any atom is -0.508 e. The molecule has 0 amide bonds. The van der Waals surface area contributed by atoms with E-state index in [0.717, 1.165) is 5.56 Å². The average molecular weight is 595 g/mol. The molecule has 0 bridgehead atoms. The lowest BCUT2D eigenvalue weighted by atomic mass is 9.76. The van der Waals surface area contributed by atoms with Crippen LogP contribution in [0.5, 0.6) is 11.5 Å². The minimum absolute atomic E-state index is 0.0257. The van der Waals surface area contributed by atoms with Gasteiger partial charge in [0, 0.05) is 5.41 Å². The van der Waals surface area contributed by atoms with Gasteiger partial charge in [-0.05, 0) is 72.4 Å². The van der Waals surface area contributed by atoms with Gasteiger partial charge in [-0.2, -0.15) is 25.3 Å². The molecule has 0 aliphatic rings. The van der Waals surface area contributed by atoms with E-state index in [-0.39, 0.29) is 50.0 Å². The quantitative estimate of drug-likeness (QED) is 0.201. The molecule has 0 aliphatic heterocycles. The van der Waals surface area contributed by atoms with Crippen LogP contribution in [0.1, 0.15) is 60.9 Å². The highest BCUT2D eigenvalue weighted by molar-refractivity contribution is 7.86. The molecule has 14 heteroatoms. The molecule has 0 unspecified atom stereocenters. The molecule has 0 saturated heterocycles. The maximum absolute atomic E-state index is 11.2. The Bertz CT molecular complexity index is 1400. The van der Waals surface area contributed by atoms with Crippen LogP contribution in [0.25, 0.3) is 0 Å². The molecule has 214 valence electrons. The molecular weight excluding hydrogens is 560 g/mol. The average Bonchev–Trinajstić information content (AvgIpc) is 2.74. The fourth-order valence-corrected chi connectivity index (χ4v) is 5.71. The molecule has 0 aliphatic carbocycles. The Hall–Kier alpha value is -2.23. The lowest BCUT2D eigenvalue weighted by Crippen LogP contribution is -2.20. The second kappa shape index (κ2) is 12.3. The highest BCUT2D eigenvalue weighted by atomic mass is 32.2. The number of hydrogen-bond donors (Lipinski definition) is 5. The number of aromatic hydroxyl groups is 2. The van der Waals surface area contributed by atoms with E-state index >= 15 is 0 Å². The minimum atomic E-state index is -4.21. The molecule has 38 heavy (non-hydrogen) atoms. The van der Waals surface area contributed by atoms with E-state index in [1.54, 1.807) is 24.3 Å². The largest absolute Gasteiger partial charge is 0.508 e. The van der Waals surface area contributed by atoms with Crippen LogP contribution < -0.4 is 0 Å². The van der Waals surface area contributed by atoms with Gasteiger partial charge in [-0.1, -0.05) is 38.1 Å². The third-order valence-corrected chi connectivity index (χ3v) is 8.75. The topological polar surface area (TPSA) is 204 Å². The summed E-state index contributed by atoms with van der Waals surface area (Å²) in [6.45, 7) is 3.75. The molecular formula is C24H34O11S3. The summed E-state index contributed by atoms with van der Waals surface area (Å²) in [6.07, 6.45) is 0.544. The summed E-state index contributed by atoms with van der Waals surface area (Å²) >= 11 is 0. The fourth-order valence-electron chi connectivity index (χ4n) is 4.18. The Morgan fingerprint density at radius 1 is 0.605 bits per heavy atom. The third kappa shape index (κ3) is 10.2. The molecule has 0 atom stereocenters. The Labute approximate surface area is 223 Å². The summed E-state index contributed by atoms with van der Waals surface area (Å²) in [4.78, 5) is 0. The van der Waals surface area contributed by atoms with Crippen LogP contribution in [-0.2, 0) is 55.0 Å². The van der Waals surface area contributed by atoms with Gasteiger partial charge in [-0.25, -0.2) is 0 Å². The molecule has 2 aromatic rings. The third-order valence-electron chi connectivity index (χ3n) is 6.34. The summed E-state index contributed by atoms with van der Waals surface area (Å²) in [5.41, 5.74) is 1.94. The van der Waals surface area contributed by atoms with Crippen molar-refractivity contribution in [2.24, 2.45) is 0 Å². The number of phenolic OH excluding ortho intramolecular Hbond substituents is 2. The van der Waals surface area contributed by atoms with Gasteiger partial charge >= 0.3 is 0 Å². The first-order valence-corrected chi connectivity index (χ1v) is 16.6. The number of aryl methyl sites for hydroxylation is 3. The van der Waals surface area contributed by atoms with Crippen LogP contribution in [0, 0.1) is 0 Å². The van der Waals surface area contributed by atoms with Crippen LogP contribution in [0.15, 0.2) is 30.3 Å². The van der Waals surface area contributed by atoms with Crippen LogP contribution >= 0.6 is 0 Å². The van der Waals surface area contributed by atoms with E-state index in [0.29, 0.717) is 22.3 Å². The fraction of sp³-hybridized carbons (Fsp3) is 0.500. The maximum Gasteiger partial charge on any atom is 0.264 e. The van der Waals surface area contributed by atoms with Gasteiger partial charge in [-0.3, -0.25) is 13.7 Å². The van der Waals surface area contributed by atoms with Crippen molar-refractivity contribution in [2.45, 2.75) is 57.8 Å². The summed E-state index contributed by atoms with van der Waals surface area (Å²) in [6, 6.07) is 8.25. The molecule has 0 spiro atoms. The van der Waals surface area contributed by atoms with Gasteiger partial charge < -0.3 is 10.2 Å². The van der Waals surface area contributed by atoms with Crippen molar-refractivity contribution < 1.29 is 49.1 Å². The number of phenols is 2. The zero-order chi connectivity index (χ0) is 28.9. The predicted octanol–water partition coefficient (Wildman–Crippen LogP) is 2.88. The van der Waals surface area contributed by atoms with Crippen molar-refractivity contribution in [2.75, 3.05) is 17.3 Å². The Morgan fingerprint density at radius 2 is 0.974 bits per heavy atom. The summed E-state index contributed by atoms with van der Waals surface area (Å²) in [5.74, 6) is -1.65. The highest BCUT2D eigenvalue weighted by Crippen LogP contribution is 2.38. The molecule has 11 nitrogen and oxygen atoms in total. The van der Waals surface area contributed by atoms with Gasteiger partial charge in [0.15, 0.2) is 0 Å². The smallest absolute Gasteiger partial charge is 0.264 e. The van der Waals surface area contributed by atoms with Gasteiger partial charge in [0.1, 0.15) is 11.5 Å². The zero-order valence-corrected chi connectivity index (χ0v) is 23.6. The van der Waals surface area contributed by atoms with E-state index in [1.165, 1.54) is 6.07 Å². The molecule has 2 rings (SSSR count). The first-order chi connectivity index (χ1) is 17.3. The normalized spacial score (nSPS) is 13.1. The predicted molar refractivity (Wildman–Crippen MR) is 143 cm³/mol. The summed E-state index contributed by atoms with van der Waals surface area (Å²) in [7, 11) is -12.6. The molecule has 0 radical (unpaired) electrons. The van der Waals surface area contributed by atoms with Crippen molar-refractivity contribution in [3.05, 3.63) is 58.1 Å². The Kier molecular flexibility index (Phi) is 10.4. The molecule has 2 aromatic carbocycles. The summed E-state index contributed by atoms with van der Waals surface area (Å²) in [5, 5.41) is 21.1. The van der Waals surface area contributed by atoms with Crippen molar-refractivity contribution in [3.63, 3.8) is 0 Å². The standard InChI is InChI=1S/C24H34O11S3/c1-24(2,20-9-10-22(25)17(14-20)6-3-11-36(27,28)29)21-15-18(7-4-12-37(30,31)32)23(26)19(16-21)8-5-13-38(33,34)35/h9-10,14-16,25-26H,3-8,11-13H2,1-2H3,(H,27,28,29)(H,30,31,32)(H,33,34,35). The van der Waals surface area contributed by atoms with Crippen LogP contribution in [0.4, 0.5) is 0 Å². The van der Waals surface area contributed by atoms with Gasteiger partial charge in [0.25, 0.3) is 30.4 Å². The number of benzene rings is 2. The Balaban J connectivity index is 2.47. The van der Waals surface area contributed by atoms with E-state index in [1.807, 2.05) is 13.8 Å². The monoisotopic (exact) mass is 594 g/mol. The van der Waals surface area contributed by atoms with Crippen molar-refractivity contribution in [1.29, 1.82) is 0 Å². The van der Waals surface area contributed by atoms with E-state index in [4.69, 9.17) is 13.7 Å². The number of hydrogen-bond acceptors (Lipinski definition) is 8. The van der Waals surface area contributed by atoms with E-state index in [9.17, 15) is 35.5 Å². The second-order valence-electron chi connectivity index (χ2n) is 9.78. The van der Waals surface area contributed by atoms with Crippen molar-refractivity contribution in [3.8, 4) is 11.5 Å². The molecule has 0 aromatic heterocycles. The molecule has 0 heterocycles. The van der Waals surface area contributed by atoms with E-state index < -0.39 is 53.0 Å². The highest BCUT2D eigenvalue weighted by Gasteiger charge is 2.27. The molecule has 0 saturated carbocycles. The molecule has 5 N–H and O–H groups in total. The van der Waals surface area contributed by atoms with E-state index in [2.05, 4.69) is 0 Å². The van der Waals surface area contributed by atoms with Crippen molar-refractivity contribution >= 4 is 30.4 Å².